The molecule has 3 nitrogen and oxygen atoms in total. The molecule has 1 aromatic carbocycles. The van der Waals surface area contributed by atoms with Gasteiger partial charge in [-0.25, -0.2) is 4.57 Å². The van der Waals surface area contributed by atoms with Gasteiger partial charge in [0.25, 0.3) is 5.82 Å². The fraction of sp³-hybridized carbons (Fsp3) is 0.467. The summed E-state index contributed by atoms with van der Waals surface area (Å²) in [6, 6.07) is 6.59. The average molecular weight is 324 g/mol. The Labute approximate surface area is 126 Å². The van der Waals surface area contributed by atoms with E-state index in [-0.39, 0.29) is 17.0 Å². The lowest BCUT2D eigenvalue weighted by atomic mass is 10.1. The number of nitrogens with zero attached hydrogens (tertiary/aromatic N) is 3. The number of aromatic nitrogens is 3. The van der Waals surface area contributed by atoms with E-state index in [9.17, 15) is 0 Å². The van der Waals surface area contributed by atoms with Gasteiger partial charge in [-0.3, -0.25) is 0 Å². The second-order valence-corrected chi connectivity index (χ2v) is 5.02. The van der Waals surface area contributed by atoms with Gasteiger partial charge in [0.05, 0.1) is 7.05 Å². The second kappa shape index (κ2) is 6.85. The van der Waals surface area contributed by atoms with Crippen LogP contribution in [0.15, 0.2) is 24.5 Å². The van der Waals surface area contributed by atoms with Crippen LogP contribution in [0.25, 0.3) is 0 Å². The first-order valence-electron chi connectivity index (χ1n) is 6.58. The largest absolute Gasteiger partial charge is 1.00 e. The Morgan fingerprint density at radius 1 is 1.26 bits per heavy atom. The van der Waals surface area contributed by atoms with Gasteiger partial charge in [0, 0.05) is 11.5 Å². The van der Waals surface area contributed by atoms with E-state index in [4.69, 9.17) is 0 Å². The predicted molar refractivity (Wildman–Crippen MR) is 72.4 cm³/mol. The molecule has 0 aliphatic rings. The molecule has 0 amide bonds. The van der Waals surface area contributed by atoms with Crippen LogP contribution in [0.3, 0.4) is 0 Å². The highest BCUT2D eigenvalue weighted by molar-refractivity contribution is 5.30. The molecule has 0 unspecified atom stereocenters. The van der Waals surface area contributed by atoms with Crippen molar-refractivity contribution in [1.29, 1.82) is 0 Å². The Morgan fingerprint density at radius 2 is 2.00 bits per heavy atom. The molecule has 0 bridgehead atoms. The maximum atomic E-state index is 4.64. The molecule has 0 aliphatic heterocycles. The zero-order chi connectivity index (χ0) is 13.1. The highest BCUT2D eigenvalue weighted by atomic mass is 79.9. The predicted octanol–water partition coefficient (Wildman–Crippen LogP) is -0.671. The maximum Gasteiger partial charge on any atom is 0.277 e. The Bertz CT molecular complexity index is 546. The molecule has 1 aromatic heterocycles. The van der Waals surface area contributed by atoms with Crippen LogP contribution in [0, 0.1) is 13.8 Å². The summed E-state index contributed by atoms with van der Waals surface area (Å²) >= 11 is 0. The van der Waals surface area contributed by atoms with Crippen molar-refractivity contribution >= 4 is 0 Å². The molecule has 104 valence electrons. The van der Waals surface area contributed by atoms with Crippen LogP contribution in [-0.2, 0) is 20.0 Å². The maximum absolute atomic E-state index is 4.64. The number of halogens is 1. The summed E-state index contributed by atoms with van der Waals surface area (Å²) in [6.45, 7) is 7.33. The molecule has 0 radical (unpaired) electrons. The zero-order valence-electron chi connectivity index (χ0n) is 12.2. The lowest BCUT2D eigenvalue weighted by molar-refractivity contribution is -0.679. The summed E-state index contributed by atoms with van der Waals surface area (Å²) in [7, 11) is 2.07. The molecule has 0 spiro atoms. The van der Waals surface area contributed by atoms with Crippen molar-refractivity contribution in [2.24, 2.45) is 7.05 Å². The van der Waals surface area contributed by atoms with Gasteiger partial charge >= 0.3 is 0 Å². The van der Waals surface area contributed by atoms with Crippen LogP contribution in [0.1, 0.15) is 35.9 Å². The quantitative estimate of drug-likeness (QED) is 0.684. The van der Waals surface area contributed by atoms with E-state index in [2.05, 4.69) is 62.0 Å². The van der Waals surface area contributed by atoms with Crippen molar-refractivity contribution in [2.45, 2.75) is 40.2 Å². The number of aryl methyl sites for hydroxylation is 4. The first-order chi connectivity index (χ1) is 8.60. The van der Waals surface area contributed by atoms with Crippen LogP contribution in [0.5, 0.6) is 0 Å². The average Bonchev–Trinajstić information content (AvgIpc) is 2.64. The van der Waals surface area contributed by atoms with E-state index >= 15 is 0 Å². The summed E-state index contributed by atoms with van der Waals surface area (Å²) in [5.74, 6) is 1.15. The lowest BCUT2D eigenvalue weighted by Crippen LogP contribution is -3.00. The molecule has 4 heteroatoms. The fourth-order valence-corrected chi connectivity index (χ4v) is 2.24. The molecule has 19 heavy (non-hydrogen) atoms. The van der Waals surface area contributed by atoms with E-state index in [0.717, 1.165) is 25.2 Å². The van der Waals surface area contributed by atoms with E-state index < -0.39 is 0 Å². The molecule has 0 saturated carbocycles. The van der Waals surface area contributed by atoms with E-state index in [1.165, 1.54) is 16.7 Å². The topological polar surface area (TPSA) is 21.7 Å². The summed E-state index contributed by atoms with van der Waals surface area (Å²) < 4.78 is 4.15. The molecular formula is C15H22BrN3. The highest BCUT2D eigenvalue weighted by Gasteiger charge is 2.13. The SMILES string of the molecule is CCCc1nn(Cc2ccc(C)cc2C)c[n+]1C.[Br-]. The summed E-state index contributed by atoms with van der Waals surface area (Å²) in [6.07, 6.45) is 4.25. The fourth-order valence-electron chi connectivity index (χ4n) is 2.24. The smallest absolute Gasteiger partial charge is 0.277 e. The van der Waals surface area contributed by atoms with Crippen LogP contribution in [0.2, 0.25) is 0 Å². The molecule has 0 N–H and O–H groups in total. The monoisotopic (exact) mass is 323 g/mol. The third kappa shape index (κ3) is 3.90. The Kier molecular flexibility index (Phi) is 5.73. The van der Waals surface area contributed by atoms with Gasteiger partial charge in [0.1, 0.15) is 6.54 Å². The Balaban J connectivity index is 0.00000180. The molecule has 2 aromatic rings. The first-order valence-corrected chi connectivity index (χ1v) is 6.58. The second-order valence-electron chi connectivity index (χ2n) is 5.02. The van der Waals surface area contributed by atoms with Gasteiger partial charge in [0.15, 0.2) is 0 Å². The van der Waals surface area contributed by atoms with Crippen molar-refractivity contribution < 1.29 is 21.5 Å². The van der Waals surface area contributed by atoms with E-state index in [1.54, 1.807) is 0 Å². The van der Waals surface area contributed by atoms with Crippen molar-refractivity contribution in [1.82, 2.24) is 9.78 Å². The minimum absolute atomic E-state index is 0. The highest BCUT2D eigenvalue weighted by Crippen LogP contribution is 2.11. The number of rotatable bonds is 4. The molecule has 0 fully saturated rings. The Hall–Kier alpha value is -1.16. The number of hydrogen-bond acceptors (Lipinski definition) is 1. The molecule has 0 aliphatic carbocycles. The van der Waals surface area contributed by atoms with Crippen molar-refractivity contribution in [3.05, 3.63) is 47.0 Å². The summed E-state index contributed by atoms with van der Waals surface area (Å²) in [5, 5.41) is 4.64. The number of hydrogen-bond donors (Lipinski definition) is 0. The number of benzene rings is 1. The molecule has 0 saturated heterocycles. The van der Waals surface area contributed by atoms with Gasteiger partial charge in [-0.05, 0) is 31.4 Å². The van der Waals surface area contributed by atoms with Crippen molar-refractivity contribution in [3.8, 4) is 0 Å². The zero-order valence-corrected chi connectivity index (χ0v) is 13.7. The van der Waals surface area contributed by atoms with Crippen LogP contribution in [-0.4, -0.2) is 9.78 Å². The molecule has 0 atom stereocenters. The normalized spacial score (nSPS) is 10.3. The van der Waals surface area contributed by atoms with Crippen LogP contribution in [0.4, 0.5) is 0 Å². The van der Waals surface area contributed by atoms with Gasteiger partial charge < -0.3 is 17.0 Å². The minimum atomic E-state index is 0. The third-order valence-electron chi connectivity index (χ3n) is 3.26. The summed E-state index contributed by atoms with van der Waals surface area (Å²) in [4.78, 5) is 0. The van der Waals surface area contributed by atoms with E-state index in [0.29, 0.717) is 0 Å². The lowest BCUT2D eigenvalue weighted by Gasteiger charge is -2.03. The Morgan fingerprint density at radius 3 is 2.63 bits per heavy atom. The van der Waals surface area contributed by atoms with Crippen molar-refractivity contribution in [3.63, 3.8) is 0 Å². The third-order valence-corrected chi connectivity index (χ3v) is 3.26. The van der Waals surface area contributed by atoms with Gasteiger partial charge in [-0.15, -0.1) is 4.68 Å². The van der Waals surface area contributed by atoms with Crippen molar-refractivity contribution in [2.75, 3.05) is 0 Å². The minimum Gasteiger partial charge on any atom is -1.00 e. The van der Waals surface area contributed by atoms with Gasteiger partial charge in [-0.1, -0.05) is 30.7 Å². The molecule has 1 heterocycles. The van der Waals surface area contributed by atoms with Crippen LogP contribution >= 0.6 is 0 Å². The summed E-state index contributed by atoms with van der Waals surface area (Å²) in [5.41, 5.74) is 3.99. The van der Waals surface area contributed by atoms with Gasteiger partial charge in [-0.2, -0.15) is 0 Å². The van der Waals surface area contributed by atoms with Crippen LogP contribution < -0.4 is 21.5 Å². The first kappa shape index (κ1) is 15.9. The van der Waals surface area contributed by atoms with E-state index in [1.807, 2.05) is 4.68 Å². The molecule has 2 rings (SSSR count). The standard InChI is InChI=1S/C15H22N3.BrH/c1-5-6-15-16-18(11-17(15)4)10-14-8-7-12(2)9-13(14)3;/h7-9,11H,5-6,10H2,1-4H3;1H/q+1;/p-1. The molecular weight excluding hydrogens is 302 g/mol. The van der Waals surface area contributed by atoms with Gasteiger partial charge in [0.2, 0.25) is 6.33 Å².